The van der Waals surface area contributed by atoms with E-state index in [-0.39, 0.29) is 5.69 Å². The van der Waals surface area contributed by atoms with E-state index in [1.54, 1.807) is 49.4 Å². The monoisotopic (exact) mass is 436 g/mol. The van der Waals surface area contributed by atoms with Gasteiger partial charge in [-0.2, -0.15) is 0 Å². The molecular weight excluding hydrogens is 419 g/mol. The average molecular weight is 437 g/mol. The number of halogens is 2. The molecule has 0 spiro atoms. The Morgan fingerprint density at radius 3 is 2.48 bits per heavy atom. The number of imide groups is 1. The van der Waals surface area contributed by atoms with E-state index in [0.29, 0.717) is 22.8 Å². The summed E-state index contributed by atoms with van der Waals surface area (Å²) in [5, 5.41) is 0.485. The zero-order chi connectivity index (χ0) is 21.8. The molecule has 31 heavy (non-hydrogen) atoms. The fraction of sp³-hybridized carbons (Fsp3) is 0.167. The van der Waals surface area contributed by atoms with Gasteiger partial charge >= 0.3 is 6.03 Å². The molecule has 3 aromatic rings. The van der Waals surface area contributed by atoms with Gasteiger partial charge in [-0.3, -0.25) is 14.6 Å². The van der Waals surface area contributed by atoms with Crippen molar-refractivity contribution in [3.05, 3.63) is 94.8 Å². The van der Waals surface area contributed by atoms with Gasteiger partial charge in [-0.25, -0.2) is 9.18 Å². The molecule has 0 aliphatic carbocycles. The Hall–Kier alpha value is -3.38. The van der Waals surface area contributed by atoms with E-state index in [1.165, 1.54) is 21.9 Å². The van der Waals surface area contributed by atoms with Crippen molar-refractivity contribution >= 4 is 29.2 Å². The van der Waals surface area contributed by atoms with E-state index in [1.807, 2.05) is 18.2 Å². The molecule has 0 unspecified atom stereocenters. The van der Waals surface area contributed by atoms with Crippen molar-refractivity contribution in [3.63, 3.8) is 0 Å². The summed E-state index contributed by atoms with van der Waals surface area (Å²) in [6.45, 7) is 1.74. The van der Waals surface area contributed by atoms with Crippen LogP contribution in [0.15, 0.2) is 72.8 Å². The van der Waals surface area contributed by atoms with Crippen molar-refractivity contribution in [3.8, 4) is 5.75 Å². The second-order valence-electron chi connectivity index (χ2n) is 7.79. The summed E-state index contributed by atoms with van der Waals surface area (Å²) in [6.07, 6.45) is 0.295. The zero-order valence-electron chi connectivity index (χ0n) is 16.6. The highest BCUT2D eigenvalue weighted by atomic mass is 35.5. The molecule has 2 atom stereocenters. The molecule has 2 aliphatic heterocycles. The molecule has 1 fully saturated rings. The number of carbonyl (C=O) groups is 2. The van der Waals surface area contributed by atoms with Crippen LogP contribution in [-0.2, 0) is 0 Å². The summed E-state index contributed by atoms with van der Waals surface area (Å²) >= 11 is 5.96. The molecule has 0 radical (unpaired) electrons. The average Bonchev–Trinajstić information content (AvgIpc) is 2.75. The van der Waals surface area contributed by atoms with Crippen LogP contribution in [0.3, 0.4) is 0 Å². The van der Waals surface area contributed by atoms with Gasteiger partial charge < -0.3 is 4.74 Å². The van der Waals surface area contributed by atoms with Crippen LogP contribution in [0.4, 0.5) is 14.9 Å². The lowest BCUT2D eigenvalue weighted by Crippen LogP contribution is -2.67. The van der Waals surface area contributed by atoms with Gasteiger partial charge in [-0.15, -0.1) is 0 Å². The maximum absolute atomic E-state index is 14.8. The van der Waals surface area contributed by atoms with E-state index in [2.05, 4.69) is 0 Å². The standard InChI is InChI=1S/C24H18ClFN2O3/c1-24-14-20(17-6-2-5-9-21(17)31-24)27(22(29)15-10-12-16(25)13-11-15)23(30)28(24)19-8-4-3-7-18(19)26/h2-13,20H,14H2,1H3/t20-,24+/m0/s1. The number of urea groups is 1. The third-order valence-corrected chi connectivity index (χ3v) is 6.02. The van der Waals surface area contributed by atoms with Crippen molar-refractivity contribution in [2.75, 3.05) is 4.90 Å². The first kappa shape index (κ1) is 19.6. The number of nitrogens with zero attached hydrogens (tertiary/aromatic N) is 2. The minimum Gasteiger partial charge on any atom is -0.467 e. The van der Waals surface area contributed by atoms with Crippen molar-refractivity contribution in [2.24, 2.45) is 0 Å². The molecule has 156 valence electrons. The first-order valence-electron chi connectivity index (χ1n) is 9.85. The van der Waals surface area contributed by atoms with Crippen LogP contribution in [0.1, 0.15) is 35.3 Å². The predicted molar refractivity (Wildman–Crippen MR) is 115 cm³/mol. The molecule has 7 heteroatoms. The minimum absolute atomic E-state index is 0.0572. The number of anilines is 1. The summed E-state index contributed by atoms with van der Waals surface area (Å²) in [7, 11) is 0. The third kappa shape index (κ3) is 3.06. The fourth-order valence-corrected chi connectivity index (χ4v) is 4.48. The van der Waals surface area contributed by atoms with Crippen molar-refractivity contribution in [2.45, 2.75) is 25.1 Å². The van der Waals surface area contributed by atoms with Gasteiger partial charge in [0.05, 0.1) is 11.7 Å². The molecule has 1 saturated heterocycles. The molecule has 0 saturated carbocycles. The van der Waals surface area contributed by atoms with E-state index in [4.69, 9.17) is 16.3 Å². The number of hydrogen-bond acceptors (Lipinski definition) is 3. The SMILES string of the molecule is C[C@]12C[C@@H](c3ccccc3O1)N(C(=O)c1ccc(Cl)cc1)C(=O)N2c1ccccc1F. The van der Waals surface area contributed by atoms with Gasteiger partial charge in [0, 0.05) is 22.6 Å². The summed E-state index contributed by atoms with van der Waals surface area (Å²) in [5.74, 6) is -0.493. The highest BCUT2D eigenvalue weighted by Crippen LogP contribution is 2.49. The van der Waals surface area contributed by atoms with Gasteiger partial charge in [0.1, 0.15) is 11.6 Å². The van der Waals surface area contributed by atoms with Crippen molar-refractivity contribution < 1.29 is 18.7 Å². The van der Waals surface area contributed by atoms with E-state index >= 15 is 0 Å². The largest absolute Gasteiger partial charge is 0.467 e. The Morgan fingerprint density at radius 1 is 1.06 bits per heavy atom. The summed E-state index contributed by atoms with van der Waals surface area (Å²) < 4.78 is 21.0. The van der Waals surface area contributed by atoms with Crippen LogP contribution in [-0.4, -0.2) is 22.6 Å². The molecule has 0 N–H and O–H groups in total. The Kier molecular flexibility index (Phi) is 4.48. The maximum Gasteiger partial charge on any atom is 0.335 e. The second-order valence-corrected chi connectivity index (χ2v) is 8.22. The lowest BCUT2D eigenvalue weighted by molar-refractivity contribution is 0.00227. The van der Waals surface area contributed by atoms with Crippen molar-refractivity contribution in [1.82, 2.24) is 4.90 Å². The van der Waals surface area contributed by atoms with Crippen LogP contribution in [0, 0.1) is 5.82 Å². The molecular formula is C24H18ClFN2O3. The smallest absolute Gasteiger partial charge is 0.335 e. The first-order valence-corrected chi connectivity index (χ1v) is 10.2. The quantitative estimate of drug-likeness (QED) is 0.510. The molecule has 2 bridgehead atoms. The topological polar surface area (TPSA) is 49.9 Å². The number of ether oxygens (including phenoxy) is 1. The molecule has 2 heterocycles. The van der Waals surface area contributed by atoms with E-state index < -0.39 is 29.5 Å². The molecule has 0 aromatic heterocycles. The Bertz CT molecular complexity index is 1200. The second kappa shape index (κ2) is 7.10. The maximum atomic E-state index is 14.8. The number of amides is 3. The highest BCUT2D eigenvalue weighted by molar-refractivity contribution is 6.30. The van der Waals surface area contributed by atoms with Crippen LogP contribution in [0.2, 0.25) is 5.02 Å². The minimum atomic E-state index is -1.16. The van der Waals surface area contributed by atoms with Gasteiger partial charge in [0.2, 0.25) is 0 Å². The summed E-state index contributed by atoms with van der Waals surface area (Å²) in [4.78, 5) is 29.7. The number of benzene rings is 3. The number of carbonyl (C=O) groups excluding carboxylic acids is 2. The predicted octanol–water partition coefficient (Wildman–Crippen LogP) is 5.80. The Balaban J connectivity index is 1.68. The van der Waals surface area contributed by atoms with Crippen LogP contribution in [0.5, 0.6) is 5.75 Å². The molecule has 3 aromatic carbocycles. The van der Waals surface area contributed by atoms with Gasteiger partial charge in [0.25, 0.3) is 5.91 Å². The normalized spacial score (nSPS) is 22.0. The molecule has 5 nitrogen and oxygen atoms in total. The molecule has 5 rings (SSSR count). The van der Waals surface area contributed by atoms with E-state index in [9.17, 15) is 14.0 Å². The molecule has 2 aliphatic rings. The van der Waals surface area contributed by atoms with Gasteiger partial charge in [-0.1, -0.05) is 41.9 Å². The Morgan fingerprint density at radius 2 is 1.74 bits per heavy atom. The zero-order valence-corrected chi connectivity index (χ0v) is 17.3. The van der Waals surface area contributed by atoms with Crippen molar-refractivity contribution in [1.29, 1.82) is 0 Å². The van der Waals surface area contributed by atoms with E-state index in [0.717, 1.165) is 5.56 Å². The number of rotatable bonds is 2. The number of para-hydroxylation sites is 2. The third-order valence-electron chi connectivity index (χ3n) is 5.77. The first-order chi connectivity index (χ1) is 14.9. The number of hydrogen-bond donors (Lipinski definition) is 0. The fourth-order valence-electron chi connectivity index (χ4n) is 4.36. The lowest BCUT2D eigenvalue weighted by atomic mass is 9.88. The lowest BCUT2D eigenvalue weighted by Gasteiger charge is -2.53. The highest BCUT2D eigenvalue weighted by Gasteiger charge is 2.55. The van der Waals surface area contributed by atoms with Crippen LogP contribution >= 0.6 is 11.6 Å². The van der Waals surface area contributed by atoms with Crippen LogP contribution in [0.25, 0.3) is 0 Å². The summed E-state index contributed by atoms with van der Waals surface area (Å²) in [6, 6.07) is 18.4. The van der Waals surface area contributed by atoms with Crippen LogP contribution < -0.4 is 9.64 Å². The molecule has 3 amide bonds. The number of fused-ring (bicyclic) bond motifs is 4. The van der Waals surface area contributed by atoms with Gasteiger partial charge in [-0.05, 0) is 49.4 Å². The summed E-state index contributed by atoms with van der Waals surface area (Å²) in [5.41, 5.74) is -0.0425. The Labute approximate surface area is 183 Å². The van der Waals surface area contributed by atoms with Gasteiger partial charge in [0.15, 0.2) is 5.72 Å².